The van der Waals surface area contributed by atoms with Crippen LogP contribution in [-0.2, 0) is 6.42 Å². The lowest BCUT2D eigenvalue weighted by Gasteiger charge is -2.07. The molecule has 0 atom stereocenters. The number of rotatable bonds is 9. The van der Waals surface area contributed by atoms with Gasteiger partial charge < -0.3 is 10.4 Å². The maximum atomic E-state index is 10.8. The molecule has 0 aliphatic rings. The Morgan fingerprint density at radius 2 is 1.57 bits per heavy atom. The van der Waals surface area contributed by atoms with Crippen LogP contribution in [0.4, 0.5) is 5.69 Å². The Kier molecular flexibility index (Phi) is 6.95. The number of benzene rings is 2. The van der Waals surface area contributed by atoms with Crippen molar-refractivity contribution in [1.82, 2.24) is 0 Å². The van der Waals surface area contributed by atoms with Gasteiger partial charge in [0.05, 0.1) is 5.56 Å². The molecule has 2 rings (SSSR count). The van der Waals surface area contributed by atoms with Gasteiger partial charge in [-0.25, -0.2) is 4.79 Å². The lowest BCUT2D eigenvalue weighted by molar-refractivity contribution is 0.0697. The zero-order valence-electron chi connectivity index (χ0n) is 13.1. The minimum atomic E-state index is -0.891. The van der Waals surface area contributed by atoms with E-state index in [1.165, 1.54) is 24.8 Å². The molecule has 0 spiro atoms. The normalized spacial score (nSPS) is 10.5. The molecular formula is C19H22ClNO2. The quantitative estimate of drug-likeness (QED) is 0.617. The first-order valence-corrected chi connectivity index (χ1v) is 8.34. The number of hydrogen-bond donors (Lipinski definition) is 2. The Labute approximate surface area is 142 Å². The summed E-state index contributed by atoms with van der Waals surface area (Å²) in [5, 5.41) is 12.9. The van der Waals surface area contributed by atoms with E-state index in [2.05, 4.69) is 17.4 Å². The number of halogens is 1. The second-order valence-corrected chi connectivity index (χ2v) is 6.04. The Morgan fingerprint density at radius 1 is 0.913 bits per heavy atom. The fourth-order valence-corrected chi connectivity index (χ4v) is 2.55. The van der Waals surface area contributed by atoms with Crippen molar-refractivity contribution in [2.75, 3.05) is 11.9 Å². The van der Waals surface area contributed by atoms with Crippen LogP contribution in [-0.4, -0.2) is 17.6 Å². The molecule has 0 aromatic heterocycles. The second-order valence-electron chi connectivity index (χ2n) is 5.60. The molecule has 0 unspecified atom stereocenters. The third kappa shape index (κ3) is 6.33. The van der Waals surface area contributed by atoms with Gasteiger partial charge in [-0.3, -0.25) is 0 Å². The standard InChI is InChI=1S/C19H22ClNO2/c20-17-10-6-15(7-11-17)5-3-1-2-4-14-21-18-12-8-16(9-13-18)19(22)23/h6-13,21H,1-5,14H2,(H,22,23). The SMILES string of the molecule is O=C(O)c1ccc(NCCCCCCc2ccc(Cl)cc2)cc1. The predicted molar refractivity (Wildman–Crippen MR) is 95.5 cm³/mol. The van der Waals surface area contributed by atoms with E-state index in [-0.39, 0.29) is 0 Å². The molecule has 0 radical (unpaired) electrons. The zero-order valence-corrected chi connectivity index (χ0v) is 13.9. The number of aryl methyl sites for hydroxylation is 1. The fourth-order valence-electron chi connectivity index (χ4n) is 2.42. The number of carboxylic acids is 1. The van der Waals surface area contributed by atoms with Crippen LogP contribution in [0.2, 0.25) is 5.02 Å². The molecule has 2 N–H and O–H groups in total. The molecule has 3 nitrogen and oxygen atoms in total. The molecule has 0 saturated carbocycles. The molecule has 0 bridgehead atoms. The van der Waals surface area contributed by atoms with Gasteiger partial charge in [-0.15, -0.1) is 0 Å². The number of carboxylic acid groups (broad SMARTS) is 1. The summed E-state index contributed by atoms with van der Waals surface area (Å²) in [5.74, 6) is -0.891. The highest BCUT2D eigenvalue weighted by molar-refractivity contribution is 6.30. The molecule has 122 valence electrons. The monoisotopic (exact) mass is 331 g/mol. The molecule has 0 fully saturated rings. The Hall–Kier alpha value is -2.00. The van der Waals surface area contributed by atoms with Gasteiger partial charge in [0.2, 0.25) is 0 Å². The summed E-state index contributed by atoms with van der Waals surface area (Å²) in [5.41, 5.74) is 2.62. The van der Waals surface area contributed by atoms with Crippen LogP contribution < -0.4 is 5.32 Å². The van der Waals surface area contributed by atoms with Gasteiger partial charge >= 0.3 is 5.97 Å². The first-order chi connectivity index (χ1) is 11.1. The number of anilines is 1. The molecule has 2 aromatic carbocycles. The van der Waals surface area contributed by atoms with Gasteiger partial charge in [0, 0.05) is 17.3 Å². The average Bonchev–Trinajstić information content (AvgIpc) is 2.56. The zero-order chi connectivity index (χ0) is 16.5. The van der Waals surface area contributed by atoms with Gasteiger partial charge in [0.15, 0.2) is 0 Å². The highest BCUT2D eigenvalue weighted by atomic mass is 35.5. The molecule has 0 aliphatic carbocycles. The summed E-state index contributed by atoms with van der Waals surface area (Å²) >= 11 is 5.87. The third-order valence-corrected chi connectivity index (χ3v) is 4.02. The Balaban J connectivity index is 1.55. The summed E-state index contributed by atoms with van der Waals surface area (Å²) in [6, 6.07) is 14.9. The first-order valence-electron chi connectivity index (χ1n) is 7.97. The highest BCUT2D eigenvalue weighted by Crippen LogP contribution is 2.13. The third-order valence-electron chi connectivity index (χ3n) is 3.77. The molecule has 0 amide bonds. The predicted octanol–water partition coefficient (Wildman–Crippen LogP) is 5.25. The molecule has 0 aliphatic heterocycles. The van der Waals surface area contributed by atoms with Crippen LogP contribution in [0.1, 0.15) is 41.6 Å². The summed E-state index contributed by atoms with van der Waals surface area (Å²) in [7, 11) is 0. The summed E-state index contributed by atoms with van der Waals surface area (Å²) in [4.78, 5) is 10.8. The van der Waals surface area contributed by atoms with E-state index in [0.29, 0.717) is 5.56 Å². The average molecular weight is 332 g/mol. The van der Waals surface area contributed by atoms with E-state index in [4.69, 9.17) is 16.7 Å². The van der Waals surface area contributed by atoms with Gasteiger partial charge in [-0.1, -0.05) is 36.6 Å². The van der Waals surface area contributed by atoms with Crippen molar-refractivity contribution in [1.29, 1.82) is 0 Å². The lowest BCUT2D eigenvalue weighted by atomic mass is 10.1. The van der Waals surface area contributed by atoms with E-state index in [0.717, 1.165) is 30.1 Å². The lowest BCUT2D eigenvalue weighted by Crippen LogP contribution is -2.02. The largest absolute Gasteiger partial charge is 0.478 e. The molecule has 23 heavy (non-hydrogen) atoms. The van der Waals surface area contributed by atoms with Gasteiger partial charge in [-0.2, -0.15) is 0 Å². The summed E-state index contributed by atoms with van der Waals surface area (Å²) in [6.45, 7) is 0.910. The van der Waals surface area contributed by atoms with Crippen molar-refractivity contribution in [3.8, 4) is 0 Å². The second kappa shape index (κ2) is 9.21. The van der Waals surface area contributed by atoms with Crippen molar-refractivity contribution in [2.45, 2.75) is 32.1 Å². The number of carbonyl (C=O) groups is 1. The van der Waals surface area contributed by atoms with Crippen molar-refractivity contribution in [3.63, 3.8) is 0 Å². The fraction of sp³-hybridized carbons (Fsp3) is 0.316. The Bertz CT molecular complexity index is 608. The van der Waals surface area contributed by atoms with Crippen LogP contribution >= 0.6 is 11.6 Å². The number of unbranched alkanes of at least 4 members (excludes halogenated alkanes) is 3. The number of nitrogens with one attached hydrogen (secondary N) is 1. The molecule has 4 heteroatoms. The van der Waals surface area contributed by atoms with E-state index < -0.39 is 5.97 Å². The maximum absolute atomic E-state index is 10.8. The van der Waals surface area contributed by atoms with E-state index in [9.17, 15) is 4.79 Å². The van der Waals surface area contributed by atoms with E-state index >= 15 is 0 Å². The maximum Gasteiger partial charge on any atom is 0.335 e. The van der Waals surface area contributed by atoms with E-state index in [1.54, 1.807) is 12.1 Å². The van der Waals surface area contributed by atoms with Crippen molar-refractivity contribution < 1.29 is 9.90 Å². The molecule has 0 saturated heterocycles. The van der Waals surface area contributed by atoms with Crippen LogP contribution in [0.5, 0.6) is 0 Å². The summed E-state index contributed by atoms with van der Waals surface area (Å²) < 4.78 is 0. The number of hydrogen-bond acceptors (Lipinski definition) is 2. The Morgan fingerprint density at radius 3 is 2.22 bits per heavy atom. The van der Waals surface area contributed by atoms with Gasteiger partial charge in [0.1, 0.15) is 0 Å². The van der Waals surface area contributed by atoms with Crippen molar-refractivity contribution in [3.05, 3.63) is 64.7 Å². The molecular weight excluding hydrogens is 310 g/mol. The van der Waals surface area contributed by atoms with Gasteiger partial charge in [0.25, 0.3) is 0 Å². The number of aromatic carboxylic acids is 1. The minimum absolute atomic E-state index is 0.317. The topological polar surface area (TPSA) is 49.3 Å². The van der Waals surface area contributed by atoms with Crippen LogP contribution in [0, 0.1) is 0 Å². The van der Waals surface area contributed by atoms with Crippen molar-refractivity contribution >= 4 is 23.3 Å². The van der Waals surface area contributed by atoms with Crippen LogP contribution in [0.25, 0.3) is 0 Å². The van der Waals surface area contributed by atoms with Crippen molar-refractivity contribution in [2.24, 2.45) is 0 Å². The van der Waals surface area contributed by atoms with E-state index in [1.807, 2.05) is 24.3 Å². The minimum Gasteiger partial charge on any atom is -0.478 e. The first kappa shape index (κ1) is 17.4. The summed E-state index contributed by atoms with van der Waals surface area (Å²) in [6.07, 6.45) is 5.80. The smallest absolute Gasteiger partial charge is 0.335 e. The van der Waals surface area contributed by atoms with Gasteiger partial charge in [-0.05, 0) is 61.2 Å². The van der Waals surface area contributed by atoms with Crippen LogP contribution in [0.3, 0.4) is 0 Å². The van der Waals surface area contributed by atoms with Crippen LogP contribution in [0.15, 0.2) is 48.5 Å². The highest BCUT2D eigenvalue weighted by Gasteiger charge is 2.01. The molecule has 2 aromatic rings. The molecule has 0 heterocycles.